The zero-order valence-electron chi connectivity index (χ0n) is 14.9. The molecule has 0 bridgehead atoms. The van der Waals surface area contributed by atoms with E-state index in [4.69, 9.17) is 14.0 Å². The van der Waals surface area contributed by atoms with E-state index in [2.05, 4.69) is 25.8 Å². The lowest BCUT2D eigenvalue weighted by Crippen LogP contribution is -2.39. The van der Waals surface area contributed by atoms with Crippen LogP contribution in [0.5, 0.6) is 0 Å². The van der Waals surface area contributed by atoms with E-state index in [-0.39, 0.29) is 12.0 Å². The lowest BCUT2D eigenvalue weighted by Gasteiger charge is -2.12. The minimum Gasteiger partial charge on any atom is -0.379 e. The standard InChI is InChI=1S/C16H29N5O3/c1-12(2)15-20-14(24-21-15)5-8-19-16(17-3)18-7-4-9-23-13-6-10-22-11-13/h12-13H,4-11H2,1-3H3,(H2,17,18,19). The number of rotatable bonds is 9. The molecule has 1 aromatic heterocycles. The van der Waals surface area contributed by atoms with Crippen LogP contribution in [0.2, 0.25) is 0 Å². The molecule has 0 saturated carbocycles. The van der Waals surface area contributed by atoms with Crippen molar-refractivity contribution < 1.29 is 14.0 Å². The molecule has 8 heteroatoms. The van der Waals surface area contributed by atoms with Crippen LogP contribution in [0.4, 0.5) is 0 Å². The molecule has 136 valence electrons. The Bertz CT molecular complexity index is 498. The third-order valence-electron chi connectivity index (χ3n) is 3.71. The molecule has 8 nitrogen and oxygen atoms in total. The molecule has 1 fully saturated rings. The fourth-order valence-corrected chi connectivity index (χ4v) is 2.29. The molecule has 1 aromatic rings. The molecule has 0 amide bonds. The Balaban J connectivity index is 1.54. The highest BCUT2D eigenvalue weighted by molar-refractivity contribution is 5.79. The van der Waals surface area contributed by atoms with Gasteiger partial charge in [0.2, 0.25) is 5.89 Å². The van der Waals surface area contributed by atoms with Gasteiger partial charge in [-0.1, -0.05) is 19.0 Å². The molecule has 1 unspecified atom stereocenters. The van der Waals surface area contributed by atoms with Crippen LogP contribution in [-0.2, 0) is 15.9 Å². The van der Waals surface area contributed by atoms with Gasteiger partial charge in [-0.15, -0.1) is 0 Å². The first-order chi connectivity index (χ1) is 11.7. The summed E-state index contributed by atoms with van der Waals surface area (Å²) in [6.45, 7) is 7.87. The van der Waals surface area contributed by atoms with E-state index in [1.807, 2.05) is 13.8 Å². The van der Waals surface area contributed by atoms with Crippen molar-refractivity contribution in [1.29, 1.82) is 0 Å². The monoisotopic (exact) mass is 339 g/mol. The van der Waals surface area contributed by atoms with E-state index in [1.54, 1.807) is 7.05 Å². The smallest absolute Gasteiger partial charge is 0.228 e. The SMILES string of the molecule is CN=C(NCCCOC1CCOC1)NCCc1nc(C(C)C)no1. The number of nitrogens with one attached hydrogen (secondary N) is 2. The van der Waals surface area contributed by atoms with Crippen molar-refractivity contribution in [2.24, 2.45) is 4.99 Å². The summed E-state index contributed by atoms with van der Waals surface area (Å²) in [4.78, 5) is 8.55. The van der Waals surface area contributed by atoms with Gasteiger partial charge in [-0.2, -0.15) is 4.98 Å². The summed E-state index contributed by atoms with van der Waals surface area (Å²) < 4.78 is 16.2. The predicted molar refractivity (Wildman–Crippen MR) is 91.2 cm³/mol. The molecule has 0 aromatic carbocycles. The Hall–Kier alpha value is -1.67. The highest BCUT2D eigenvalue weighted by Gasteiger charge is 2.15. The first-order valence-corrected chi connectivity index (χ1v) is 8.65. The molecule has 1 saturated heterocycles. The third-order valence-corrected chi connectivity index (χ3v) is 3.71. The van der Waals surface area contributed by atoms with E-state index < -0.39 is 0 Å². The Morgan fingerprint density at radius 3 is 2.88 bits per heavy atom. The van der Waals surface area contributed by atoms with Crippen LogP contribution in [0.3, 0.4) is 0 Å². The van der Waals surface area contributed by atoms with Gasteiger partial charge in [0.1, 0.15) is 0 Å². The van der Waals surface area contributed by atoms with Crippen LogP contribution in [0.15, 0.2) is 9.52 Å². The average molecular weight is 339 g/mol. The average Bonchev–Trinajstić information content (AvgIpc) is 3.24. The van der Waals surface area contributed by atoms with Gasteiger partial charge < -0.3 is 24.6 Å². The molecular weight excluding hydrogens is 310 g/mol. The van der Waals surface area contributed by atoms with Crippen LogP contribution in [0.25, 0.3) is 0 Å². The summed E-state index contributed by atoms with van der Waals surface area (Å²) in [7, 11) is 1.76. The van der Waals surface area contributed by atoms with Crippen LogP contribution in [-0.4, -0.2) is 62.2 Å². The summed E-state index contributed by atoms with van der Waals surface area (Å²) in [6, 6.07) is 0. The topological polar surface area (TPSA) is 93.8 Å². The maximum atomic E-state index is 5.73. The van der Waals surface area contributed by atoms with Gasteiger partial charge in [-0.05, 0) is 12.8 Å². The van der Waals surface area contributed by atoms with Crippen molar-refractivity contribution in [2.75, 3.05) is 40.0 Å². The molecule has 2 rings (SSSR count). The molecule has 0 aliphatic carbocycles. The van der Waals surface area contributed by atoms with E-state index in [0.29, 0.717) is 18.9 Å². The summed E-state index contributed by atoms with van der Waals surface area (Å²) in [5.74, 6) is 2.44. The van der Waals surface area contributed by atoms with Gasteiger partial charge in [0.25, 0.3) is 0 Å². The van der Waals surface area contributed by atoms with Crippen molar-refractivity contribution in [3.05, 3.63) is 11.7 Å². The lowest BCUT2D eigenvalue weighted by atomic mass is 10.2. The highest BCUT2D eigenvalue weighted by atomic mass is 16.5. The first-order valence-electron chi connectivity index (χ1n) is 8.65. The first kappa shape index (κ1) is 18.7. The van der Waals surface area contributed by atoms with Crippen LogP contribution in [0.1, 0.15) is 44.3 Å². The van der Waals surface area contributed by atoms with Gasteiger partial charge in [0.15, 0.2) is 11.8 Å². The van der Waals surface area contributed by atoms with Crippen LogP contribution in [0, 0.1) is 0 Å². The number of hydrogen-bond acceptors (Lipinski definition) is 6. The zero-order chi connectivity index (χ0) is 17.2. The largest absolute Gasteiger partial charge is 0.379 e. The van der Waals surface area contributed by atoms with Crippen molar-refractivity contribution in [3.8, 4) is 0 Å². The van der Waals surface area contributed by atoms with Gasteiger partial charge in [-0.3, -0.25) is 4.99 Å². The lowest BCUT2D eigenvalue weighted by molar-refractivity contribution is 0.0420. The van der Waals surface area contributed by atoms with Crippen molar-refractivity contribution in [2.45, 2.75) is 45.1 Å². The van der Waals surface area contributed by atoms with Gasteiger partial charge in [0, 0.05) is 45.7 Å². The Morgan fingerprint density at radius 2 is 2.21 bits per heavy atom. The number of nitrogens with zero attached hydrogens (tertiary/aromatic N) is 3. The van der Waals surface area contributed by atoms with Crippen LogP contribution < -0.4 is 10.6 Å². The summed E-state index contributed by atoms with van der Waals surface area (Å²) in [5.41, 5.74) is 0. The summed E-state index contributed by atoms with van der Waals surface area (Å²) in [5, 5.41) is 10.5. The molecule has 1 atom stereocenters. The molecule has 24 heavy (non-hydrogen) atoms. The number of aromatic nitrogens is 2. The van der Waals surface area contributed by atoms with Crippen molar-refractivity contribution in [1.82, 2.24) is 20.8 Å². The minimum atomic E-state index is 0.271. The second-order valence-electron chi connectivity index (χ2n) is 6.09. The minimum absolute atomic E-state index is 0.271. The molecule has 0 radical (unpaired) electrons. The predicted octanol–water partition coefficient (Wildman–Crippen LogP) is 1.10. The second kappa shape index (κ2) is 10.2. The number of hydrogen-bond donors (Lipinski definition) is 2. The van der Waals surface area contributed by atoms with Gasteiger partial charge in [0.05, 0.1) is 12.7 Å². The molecule has 1 aliphatic rings. The number of aliphatic imine (C=N–C) groups is 1. The molecular formula is C16H29N5O3. The molecule has 2 heterocycles. The van der Waals surface area contributed by atoms with Crippen LogP contribution >= 0.6 is 0 Å². The van der Waals surface area contributed by atoms with Gasteiger partial charge in [-0.25, -0.2) is 0 Å². The number of guanidine groups is 1. The number of ether oxygens (including phenoxy) is 2. The summed E-state index contributed by atoms with van der Waals surface area (Å²) >= 11 is 0. The fraction of sp³-hybridized carbons (Fsp3) is 0.812. The van der Waals surface area contributed by atoms with Crippen molar-refractivity contribution in [3.63, 3.8) is 0 Å². The quantitative estimate of drug-likeness (QED) is 0.395. The summed E-state index contributed by atoms with van der Waals surface area (Å²) in [6.07, 6.45) is 2.88. The third kappa shape index (κ3) is 6.45. The Labute approximate surface area is 143 Å². The molecule has 1 aliphatic heterocycles. The molecule has 2 N–H and O–H groups in total. The van der Waals surface area contributed by atoms with Crippen molar-refractivity contribution >= 4 is 5.96 Å². The maximum Gasteiger partial charge on any atom is 0.228 e. The maximum absolute atomic E-state index is 5.73. The van der Waals surface area contributed by atoms with E-state index in [9.17, 15) is 0 Å². The van der Waals surface area contributed by atoms with E-state index >= 15 is 0 Å². The zero-order valence-corrected chi connectivity index (χ0v) is 14.9. The second-order valence-corrected chi connectivity index (χ2v) is 6.09. The molecule has 0 spiro atoms. The Morgan fingerprint density at radius 1 is 1.38 bits per heavy atom. The fourth-order valence-electron chi connectivity index (χ4n) is 2.29. The Kier molecular flexibility index (Phi) is 7.97. The normalized spacial score (nSPS) is 18.3. The highest BCUT2D eigenvalue weighted by Crippen LogP contribution is 2.09. The van der Waals surface area contributed by atoms with E-state index in [1.165, 1.54) is 0 Å². The van der Waals surface area contributed by atoms with E-state index in [0.717, 1.165) is 51.0 Å². The van der Waals surface area contributed by atoms with Gasteiger partial charge >= 0.3 is 0 Å².